The van der Waals surface area contributed by atoms with Gasteiger partial charge in [0.25, 0.3) is 0 Å². The average Bonchev–Trinajstić information content (AvgIpc) is 2.77. The molecular formula is C14H20N2. The van der Waals surface area contributed by atoms with E-state index in [1.807, 2.05) is 0 Å². The van der Waals surface area contributed by atoms with E-state index in [0.717, 1.165) is 18.5 Å². The molecule has 2 fully saturated rings. The molecule has 86 valence electrons. The predicted octanol–water partition coefficient (Wildman–Crippen LogP) is 1.87. The zero-order valence-corrected chi connectivity index (χ0v) is 9.73. The predicted molar refractivity (Wildman–Crippen MR) is 66.2 cm³/mol. The van der Waals surface area contributed by atoms with Gasteiger partial charge in [-0.3, -0.25) is 4.90 Å². The van der Waals surface area contributed by atoms with Crippen molar-refractivity contribution in [1.29, 1.82) is 0 Å². The van der Waals surface area contributed by atoms with Crippen LogP contribution in [-0.4, -0.2) is 30.6 Å². The molecule has 0 saturated carbocycles. The first-order valence-electron chi connectivity index (χ1n) is 6.41. The normalized spacial score (nSPS) is 30.2. The molecule has 2 saturated heterocycles. The Morgan fingerprint density at radius 3 is 2.94 bits per heavy atom. The Labute approximate surface area is 97.6 Å². The van der Waals surface area contributed by atoms with Gasteiger partial charge in [0.1, 0.15) is 0 Å². The second-order valence-corrected chi connectivity index (χ2v) is 5.12. The smallest absolute Gasteiger partial charge is 0.0233 e. The molecule has 0 bridgehead atoms. The topological polar surface area (TPSA) is 15.3 Å². The molecule has 16 heavy (non-hydrogen) atoms. The van der Waals surface area contributed by atoms with Gasteiger partial charge >= 0.3 is 0 Å². The van der Waals surface area contributed by atoms with Gasteiger partial charge in [0.2, 0.25) is 0 Å². The second-order valence-electron chi connectivity index (χ2n) is 5.12. The van der Waals surface area contributed by atoms with Gasteiger partial charge in [-0.15, -0.1) is 0 Å². The Bertz CT molecular complexity index is 336. The summed E-state index contributed by atoms with van der Waals surface area (Å²) in [6.45, 7) is 4.90. The number of hydrogen-bond donors (Lipinski definition) is 1. The summed E-state index contributed by atoms with van der Waals surface area (Å²) in [5.74, 6) is 0.900. The van der Waals surface area contributed by atoms with Crippen molar-refractivity contribution in [3.8, 4) is 0 Å². The van der Waals surface area contributed by atoms with Crippen molar-refractivity contribution in [1.82, 2.24) is 10.2 Å². The highest BCUT2D eigenvalue weighted by molar-refractivity contribution is 5.14. The monoisotopic (exact) mass is 216 g/mol. The van der Waals surface area contributed by atoms with Crippen LogP contribution in [0.2, 0.25) is 0 Å². The highest BCUT2D eigenvalue weighted by atomic mass is 15.2. The van der Waals surface area contributed by atoms with E-state index in [2.05, 4.69) is 40.5 Å². The molecule has 2 atom stereocenters. The van der Waals surface area contributed by atoms with Gasteiger partial charge in [0, 0.05) is 19.1 Å². The summed E-state index contributed by atoms with van der Waals surface area (Å²) in [6.07, 6.45) is 2.70. The van der Waals surface area contributed by atoms with Crippen molar-refractivity contribution < 1.29 is 0 Å². The Morgan fingerprint density at radius 1 is 1.19 bits per heavy atom. The van der Waals surface area contributed by atoms with Crippen LogP contribution in [0.3, 0.4) is 0 Å². The average molecular weight is 216 g/mol. The van der Waals surface area contributed by atoms with Crippen LogP contribution in [0, 0.1) is 5.92 Å². The maximum absolute atomic E-state index is 3.62. The summed E-state index contributed by atoms with van der Waals surface area (Å²) in [5.41, 5.74) is 1.45. The molecule has 2 heteroatoms. The Kier molecular flexibility index (Phi) is 2.94. The fourth-order valence-electron chi connectivity index (χ4n) is 3.11. The first-order chi connectivity index (χ1) is 7.92. The minimum Gasteiger partial charge on any atom is -0.314 e. The molecule has 1 aromatic rings. The molecule has 2 aliphatic heterocycles. The number of fused-ring (bicyclic) bond motifs is 1. The number of rotatable bonds is 2. The van der Waals surface area contributed by atoms with E-state index < -0.39 is 0 Å². The van der Waals surface area contributed by atoms with Gasteiger partial charge in [-0.2, -0.15) is 0 Å². The highest BCUT2D eigenvalue weighted by Crippen LogP contribution is 2.25. The first kappa shape index (κ1) is 10.3. The van der Waals surface area contributed by atoms with Crippen LogP contribution >= 0.6 is 0 Å². The Balaban J connectivity index is 1.60. The lowest BCUT2D eigenvalue weighted by molar-refractivity contribution is 0.156. The quantitative estimate of drug-likeness (QED) is 0.812. The van der Waals surface area contributed by atoms with Gasteiger partial charge in [-0.1, -0.05) is 30.3 Å². The third-order valence-electron chi connectivity index (χ3n) is 3.99. The number of nitrogens with one attached hydrogen (secondary N) is 1. The molecule has 0 radical (unpaired) electrons. The van der Waals surface area contributed by atoms with Crippen LogP contribution in [0.15, 0.2) is 30.3 Å². The molecule has 2 nitrogen and oxygen atoms in total. The van der Waals surface area contributed by atoms with Gasteiger partial charge in [0.05, 0.1) is 0 Å². The van der Waals surface area contributed by atoms with Crippen molar-refractivity contribution in [2.24, 2.45) is 5.92 Å². The zero-order valence-electron chi connectivity index (χ0n) is 9.73. The number of hydrogen-bond acceptors (Lipinski definition) is 2. The minimum absolute atomic E-state index is 0.812. The maximum Gasteiger partial charge on any atom is 0.0233 e. The summed E-state index contributed by atoms with van der Waals surface area (Å²) in [7, 11) is 0. The maximum atomic E-state index is 3.62. The van der Waals surface area contributed by atoms with Gasteiger partial charge in [-0.25, -0.2) is 0 Å². The van der Waals surface area contributed by atoms with Crippen molar-refractivity contribution in [3.05, 3.63) is 35.9 Å². The lowest BCUT2D eigenvalue weighted by Gasteiger charge is -2.34. The summed E-state index contributed by atoms with van der Waals surface area (Å²) in [5, 5.41) is 3.62. The van der Waals surface area contributed by atoms with E-state index in [1.54, 1.807) is 0 Å². The minimum atomic E-state index is 0.812. The summed E-state index contributed by atoms with van der Waals surface area (Å²) < 4.78 is 0. The SMILES string of the molecule is c1ccc(CN2CC[C@H]3NCC[C@@H]3C2)cc1. The van der Waals surface area contributed by atoms with E-state index in [0.29, 0.717) is 0 Å². The summed E-state index contributed by atoms with van der Waals surface area (Å²) in [6, 6.07) is 11.7. The van der Waals surface area contributed by atoms with Crippen molar-refractivity contribution in [2.45, 2.75) is 25.4 Å². The van der Waals surface area contributed by atoms with Crippen LogP contribution in [0.1, 0.15) is 18.4 Å². The fraction of sp³-hybridized carbons (Fsp3) is 0.571. The molecule has 0 amide bonds. The van der Waals surface area contributed by atoms with Crippen molar-refractivity contribution >= 4 is 0 Å². The lowest BCUT2D eigenvalue weighted by atomic mass is 9.93. The van der Waals surface area contributed by atoms with Crippen LogP contribution in [0.25, 0.3) is 0 Å². The van der Waals surface area contributed by atoms with Crippen LogP contribution < -0.4 is 5.32 Å². The molecule has 3 rings (SSSR count). The van der Waals surface area contributed by atoms with E-state index in [4.69, 9.17) is 0 Å². The third-order valence-corrected chi connectivity index (χ3v) is 3.99. The van der Waals surface area contributed by atoms with Crippen molar-refractivity contribution in [2.75, 3.05) is 19.6 Å². The molecule has 0 spiro atoms. The Hall–Kier alpha value is -0.860. The third kappa shape index (κ3) is 2.13. The molecule has 2 aliphatic rings. The fourth-order valence-corrected chi connectivity index (χ4v) is 3.11. The van der Waals surface area contributed by atoms with Gasteiger partial charge < -0.3 is 5.32 Å². The second kappa shape index (κ2) is 4.56. The molecular weight excluding hydrogens is 196 g/mol. The van der Waals surface area contributed by atoms with E-state index in [9.17, 15) is 0 Å². The van der Waals surface area contributed by atoms with Crippen LogP contribution in [-0.2, 0) is 6.54 Å². The van der Waals surface area contributed by atoms with E-state index >= 15 is 0 Å². The summed E-state index contributed by atoms with van der Waals surface area (Å²) >= 11 is 0. The number of piperidine rings is 1. The Morgan fingerprint density at radius 2 is 2.06 bits per heavy atom. The molecule has 0 unspecified atom stereocenters. The van der Waals surface area contributed by atoms with Gasteiger partial charge in [0.15, 0.2) is 0 Å². The summed E-state index contributed by atoms with van der Waals surface area (Å²) in [4.78, 5) is 2.61. The van der Waals surface area contributed by atoms with Crippen molar-refractivity contribution in [3.63, 3.8) is 0 Å². The number of likely N-dealkylation sites (tertiary alicyclic amines) is 1. The van der Waals surface area contributed by atoms with Crippen LogP contribution in [0.4, 0.5) is 0 Å². The first-order valence-corrected chi connectivity index (χ1v) is 6.41. The van der Waals surface area contributed by atoms with E-state index in [-0.39, 0.29) is 0 Å². The van der Waals surface area contributed by atoms with Crippen LogP contribution in [0.5, 0.6) is 0 Å². The molecule has 0 aromatic heterocycles. The number of nitrogens with zero attached hydrogens (tertiary/aromatic N) is 1. The zero-order chi connectivity index (χ0) is 10.8. The largest absolute Gasteiger partial charge is 0.314 e. The molecule has 0 aliphatic carbocycles. The highest BCUT2D eigenvalue weighted by Gasteiger charge is 2.32. The lowest BCUT2D eigenvalue weighted by Crippen LogP contribution is -2.43. The number of benzene rings is 1. The molecule has 1 N–H and O–H groups in total. The van der Waals surface area contributed by atoms with E-state index in [1.165, 1.54) is 38.0 Å². The molecule has 2 heterocycles. The van der Waals surface area contributed by atoms with Gasteiger partial charge in [-0.05, 0) is 37.4 Å². The standard InChI is InChI=1S/C14H20N2/c1-2-4-12(5-3-1)10-16-9-7-14-13(11-16)6-8-15-14/h1-5,13-15H,6-11H2/t13-,14-/m1/s1. The molecule has 1 aromatic carbocycles.